The predicted octanol–water partition coefficient (Wildman–Crippen LogP) is 0.690. The van der Waals surface area contributed by atoms with Gasteiger partial charge in [-0.15, -0.1) is 0 Å². The standard InChI is InChI=1S/C8H15NO2/c1-3-4-7-5-9-8(10)6(2)11-7/h6-7H,3-5H2,1-2H3,(H,9,10)/t6-,7-/m0/s1. The van der Waals surface area contributed by atoms with Crippen molar-refractivity contribution in [2.45, 2.75) is 38.9 Å². The van der Waals surface area contributed by atoms with Crippen LogP contribution in [0.5, 0.6) is 0 Å². The van der Waals surface area contributed by atoms with Gasteiger partial charge in [-0.3, -0.25) is 4.79 Å². The van der Waals surface area contributed by atoms with Crippen LogP contribution in [-0.4, -0.2) is 24.7 Å². The minimum atomic E-state index is -0.264. The molecule has 1 amide bonds. The minimum Gasteiger partial charge on any atom is -0.364 e. The summed E-state index contributed by atoms with van der Waals surface area (Å²) in [5.41, 5.74) is 0. The molecule has 1 fully saturated rings. The topological polar surface area (TPSA) is 38.3 Å². The van der Waals surface area contributed by atoms with E-state index in [1.807, 2.05) is 0 Å². The number of carbonyl (C=O) groups is 1. The molecule has 3 nitrogen and oxygen atoms in total. The van der Waals surface area contributed by atoms with E-state index < -0.39 is 0 Å². The van der Waals surface area contributed by atoms with E-state index in [1.54, 1.807) is 6.92 Å². The van der Waals surface area contributed by atoms with Crippen molar-refractivity contribution in [2.75, 3.05) is 6.54 Å². The summed E-state index contributed by atoms with van der Waals surface area (Å²) in [6.45, 7) is 4.58. The summed E-state index contributed by atoms with van der Waals surface area (Å²) < 4.78 is 5.43. The van der Waals surface area contributed by atoms with Gasteiger partial charge in [-0.2, -0.15) is 0 Å². The lowest BCUT2D eigenvalue weighted by Gasteiger charge is -2.27. The van der Waals surface area contributed by atoms with Crippen LogP contribution in [-0.2, 0) is 9.53 Å². The second-order valence-electron chi connectivity index (χ2n) is 2.93. The predicted molar refractivity (Wildman–Crippen MR) is 42.3 cm³/mol. The molecule has 1 N–H and O–H groups in total. The van der Waals surface area contributed by atoms with E-state index in [0.717, 1.165) is 12.8 Å². The van der Waals surface area contributed by atoms with Crippen LogP contribution in [0.15, 0.2) is 0 Å². The molecule has 1 saturated heterocycles. The first kappa shape index (κ1) is 8.53. The first-order valence-corrected chi connectivity index (χ1v) is 4.17. The van der Waals surface area contributed by atoms with Gasteiger partial charge in [-0.25, -0.2) is 0 Å². The molecule has 0 bridgehead atoms. The SMILES string of the molecule is CCC[C@H]1CNC(=O)[C@H](C)O1. The summed E-state index contributed by atoms with van der Waals surface area (Å²) in [6, 6.07) is 0. The molecule has 64 valence electrons. The highest BCUT2D eigenvalue weighted by atomic mass is 16.5. The van der Waals surface area contributed by atoms with Crippen LogP contribution in [0.3, 0.4) is 0 Å². The molecule has 0 aromatic rings. The van der Waals surface area contributed by atoms with Crippen molar-refractivity contribution in [2.24, 2.45) is 0 Å². The fraction of sp³-hybridized carbons (Fsp3) is 0.875. The van der Waals surface area contributed by atoms with E-state index in [1.165, 1.54) is 0 Å². The van der Waals surface area contributed by atoms with Crippen molar-refractivity contribution in [3.8, 4) is 0 Å². The van der Waals surface area contributed by atoms with Crippen molar-refractivity contribution in [3.05, 3.63) is 0 Å². The summed E-state index contributed by atoms with van der Waals surface area (Å²) in [7, 11) is 0. The Morgan fingerprint density at radius 3 is 3.00 bits per heavy atom. The summed E-state index contributed by atoms with van der Waals surface area (Å²) in [6.07, 6.45) is 2.10. The zero-order chi connectivity index (χ0) is 8.27. The largest absolute Gasteiger partial charge is 0.364 e. The molecule has 1 aliphatic rings. The zero-order valence-electron chi connectivity index (χ0n) is 7.09. The van der Waals surface area contributed by atoms with Gasteiger partial charge in [0, 0.05) is 6.54 Å². The van der Waals surface area contributed by atoms with Gasteiger partial charge in [-0.1, -0.05) is 13.3 Å². The number of hydrogen-bond acceptors (Lipinski definition) is 2. The van der Waals surface area contributed by atoms with Crippen LogP contribution in [0.25, 0.3) is 0 Å². The highest BCUT2D eigenvalue weighted by molar-refractivity contribution is 5.80. The first-order chi connectivity index (χ1) is 5.24. The summed E-state index contributed by atoms with van der Waals surface area (Å²) in [5.74, 6) is 0.0114. The number of ether oxygens (including phenoxy) is 1. The number of morpholine rings is 1. The Kier molecular flexibility index (Phi) is 2.88. The second-order valence-corrected chi connectivity index (χ2v) is 2.93. The summed E-state index contributed by atoms with van der Waals surface area (Å²) in [5, 5.41) is 2.80. The van der Waals surface area contributed by atoms with E-state index in [9.17, 15) is 4.79 Å². The maximum absolute atomic E-state index is 10.9. The number of hydrogen-bond donors (Lipinski definition) is 1. The molecule has 0 aliphatic carbocycles. The van der Waals surface area contributed by atoms with E-state index >= 15 is 0 Å². The lowest BCUT2D eigenvalue weighted by Crippen LogP contribution is -2.47. The second kappa shape index (κ2) is 3.72. The van der Waals surface area contributed by atoms with Crippen molar-refractivity contribution in [1.82, 2.24) is 5.32 Å². The van der Waals surface area contributed by atoms with Crippen LogP contribution >= 0.6 is 0 Å². The van der Waals surface area contributed by atoms with Crippen molar-refractivity contribution in [1.29, 1.82) is 0 Å². The molecule has 0 aromatic heterocycles. The molecular weight excluding hydrogens is 142 g/mol. The first-order valence-electron chi connectivity index (χ1n) is 4.17. The van der Waals surface area contributed by atoms with E-state index in [-0.39, 0.29) is 18.1 Å². The third-order valence-corrected chi connectivity index (χ3v) is 1.88. The molecule has 1 heterocycles. The Balaban J connectivity index is 2.33. The van der Waals surface area contributed by atoms with Crippen molar-refractivity contribution < 1.29 is 9.53 Å². The van der Waals surface area contributed by atoms with E-state index in [2.05, 4.69) is 12.2 Å². The van der Waals surface area contributed by atoms with Gasteiger partial charge in [0.25, 0.3) is 0 Å². The third-order valence-electron chi connectivity index (χ3n) is 1.88. The monoisotopic (exact) mass is 157 g/mol. The van der Waals surface area contributed by atoms with Crippen LogP contribution in [0.1, 0.15) is 26.7 Å². The Labute approximate surface area is 67.1 Å². The lowest BCUT2D eigenvalue weighted by molar-refractivity contribution is -0.142. The van der Waals surface area contributed by atoms with Gasteiger partial charge in [0.05, 0.1) is 6.10 Å². The summed E-state index contributed by atoms with van der Waals surface area (Å²) >= 11 is 0. The quantitative estimate of drug-likeness (QED) is 0.640. The van der Waals surface area contributed by atoms with Gasteiger partial charge < -0.3 is 10.1 Å². The molecule has 1 aliphatic heterocycles. The van der Waals surface area contributed by atoms with E-state index in [4.69, 9.17) is 4.74 Å². The van der Waals surface area contributed by atoms with Gasteiger partial charge in [0.15, 0.2) is 0 Å². The molecule has 0 radical (unpaired) electrons. The Bertz CT molecular complexity index is 147. The molecule has 1 rings (SSSR count). The zero-order valence-corrected chi connectivity index (χ0v) is 7.09. The minimum absolute atomic E-state index is 0.0114. The maximum atomic E-state index is 10.9. The molecule has 3 heteroatoms. The average molecular weight is 157 g/mol. The number of carbonyl (C=O) groups excluding carboxylic acids is 1. The van der Waals surface area contributed by atoms with Crippen LogP contribution in [0.4, 0.5) is 0 Å². The highest BCUT2D eigenvalue weighted by Crippen LogP contribution is 2.08. The lowest BCUT2D eigenvalue weighted by atomic mass is 10.1. The fourth-order valence-corrected chi connectivity index (χ4v) is 1.25. The average Bonchev–Trinajstić information content (AvgIpc) is 1.98. The molecule has 0 unspecified atom stereocenters. The Morgan fingerprint density at radius 1 is 1.73 bits per heavy atom. The van der Waals surface area contributed by atoms with Crippen molar-refractivity contribution in [3.63, 3.8) is 0 Å². The Hall–Kier alpha value is -0.570. The highest BCUT2D eigenvalue weighted by Gasteiger charge is 2.24. The molecule has 2 atom stereocenters. The van der Waals surface area contributed by atoms with Crippen molar-refractivity contribution >= 4 is 5.91 Å². The molecule has 0 aromatic carbocycles. The summed E-state index contributed by atoms with van der Waals surface area (Å²) in [4.78, 5) is 10.9. The van der Waals surface area contributed by atoms with Gasteiger partial charge >= 0.3 is 0 Å². The molecule has 0 spiro atoms. The fourth-order valence-electron chi connectivity index (χ4n) is 1.25. The number of nitrogens with one attached hydrogen (secondary N) is 1. The number of amides is 1. The van der Waals surface area contributed by atoms with Gasteiger partial charge in [0.1, 0.15) is 6.10 Å². The van der Waals surface area contributed by atoms with Crippen LogP contribution in [0.2, 0.25) is 0 Å². The maximum Gasteiger partial charge on any atom is 0.248 e. The smallest absolute Gasteiger partial charge is 0.248 e. The van der Waals surface area contributed by atoms with Gasteiger partial charge in [-0.05, 0) is 13.3 Å². The van der Waals surface area contributed by atoms with Crippen LogP contribution in [0, 0.1) is 0 Å². The normalized spacial score (nSPS) is 31.6. The van der Waals surface area contributed by atoms with E-state index in [0.29, 0.717) is 6.54 Å². The van der Waals surface area contributed by atoms with Gasteiger partial charge in [0.2, 0.25) is 5.91 Å². The Morgan fingerprint density at radius 2 is 2.45 bits per heavy atom. The molecule has 11 heavy (non-hydrogen) atoms. The molecule has 0 saturated carbocycles. The molecular formula is C8H15NO2. The van der Waals surface area contributed by atoms with Crippen LogP contribution < -0.4 is 5.32 Å². The number of rotatable bonds is 2. The third kappa shape index (κ3) is 2.19.